The third kappa shape index (κ3) is 3.56. The topological polar surface area (TPSA) is 99.7 Å². The fourth-order valence-corrected chi connectivity index (χ4v) is 3.88. The van der Waals surface area contributed by atoms with Gasteiger partial charge in [0.05, 0.1) is 11.1 Å². The molecule has 1 saturated heterocycles. The van der Waals surface area contributed by atoms with Crippen LogP contribution < -0.4 is 5.32 Å². The molecule has 1 fully saturated rings. The Kier molecular flexibility index (Phi) is 5.31. The number of carbonyl (C=O) groups excluding carboxylic acids is 4. The molecule has 0 aliphatic carbocycles. The fraction of sp³-hybridized carbons (Fsp3) is 0.318. The van der Waals surface area contributed by atoms with Crippen LogP contribution in [0.1, 0.15) is 51.0 Å². The van der Waals surface area contributed by atoms with Gasteiger partial charge in [0.2, 0.25) is 5.91 Å². The zero-order valence-corrected chi connectivity index (χ0v) is 16.6. The van der Waals surface area contributed by atoms with E-state index >= 15 is 0 Å². The smallest absolute Gasteiger partial charge is 0.272 e. The molecule has 4 rings (SSSR count). The van der Waals surface area contributed by atoms with E-state index in [9.17, 15) is 19.2 Å². The lowest BCUT2D eigenvalue weighted by Gasteiger charge is -2.33. The van der Waals surface area contributed by atoms with Crippen molar-refractivity contribution in [2.24, 2.45) is 0 Å². The quantitative estimate of drug-likeness (QED) is 0.776. The van der Waals surface area contributed by atoms with Crippen LogP contribution in [0.25, 0.3) is 0 Å². The second-order valence-electron chi connectivity index (χ2n) is 7.49. The van der Waals surface area contributed by atoms with Crippen LogP contribution >= 0.6 is 0 Å². The van der Waals surface area contributed by atoms with Gasteiger partial charge in [0, 0.05) is 25.3 Å². The van der Waals surface area contributed by atoms with Crippen LogP contribution in [-0.2, 0) is 4.79 Å². The molecule has 0 radical (unpaired) electrons. The summed E-state index contributed by atoms with van der Waals surface area (Å²) in [6.07, 6.45) is 2.78. The fourth-order valence-electron chi connectivity index (χ4n) is 3.88. The van der Waals surface area contributed by atoms with Gasteiger partial charge in [-0.1, -0.05) is 18.2 Å². The van der Waals surface area contributed by atoms with E-state index in [2.05, 4.69) is 10.3 Å². The summed E-state index contributed by atoms with van der Waals surface area (Å²) in [7, 11) is 0. The maximum absolute atomic E-state index is 12.7. The van der Waals surface area contributed by atoms with Crippen LogP contribution in [0.2, 0.25) is 0 Å². The van der Waals surface area contributed by atoms with Gasteiger partial charge in [-0.3, -0.25) is 29.1 Å². The van der Waals surface area contributed by atoms with Gasteiger partial charge in [-0.05, 0) is 44.0 Å². The molecule has 8 nitrogen and oxygen atoms in total. The third-order valence-corrected chi connectivity index (χ3v) is 5.60. The number of imide groups is 1. The van der Waals surface area contributed by atoms with Crippen molar-refractivity contribution in [2.45, 2.75) is 31.8 Å². The summed E-state index contributed by atoms with van der Waals surface area (Å²) < 4.78 is 0. The summed E-state index contributed by atoms with van der Waals surface area (Å²) in [6, 6.07) is 10.7. The Balaban J connectivity index is 1.34. The molecule has 30 heavy (non-hydrogen) atoms. The van der Waals surface area contributed by atoms with Gasteiger partial charge in [-0.25, -0.2) is 0 Å². The van der Waals surface area contributed by atoms with Gasteiger partial charge >= 0.3 is 0 Å². The van der Waals surface area contributed by atoms with Crippen molar-refractivity contribution >= 4 is 23.6 Å². The van der Waals surface area contributed by atoms with Gasteiger partial charge in [-0.15, -0.1) is 0 Å². The van der Waals surface area contributed by atoms with Crippen molar-refractivity contribution in [2.75, 3.05) is 13.1 Å². The average Bonchev–Trinajstić information content (AvgIpc) is 3.04. The zero-order valence-electron chi connectivity index (χ0n) is 16.6. The van der Waals surface area contributed by atoms with E-state index in [1.165, 1.54) is 0 Å². The number of benzene rings is 1. The minimum absolute atomic E-state index is 0.122. The molecular formula is C22H22N4O4. The van der Waals surface area contributed by atoms with Crippen molar-refractivity contribution in [3.05, 3.63) is 65.5 Å². The molecule has 1 aromatic heterocycles. The van der Waals surface area contributed by atoms with Crippen LogP contribution in [0.15, 0.2) is 48.7 Å². The highest BCUT2D eigenvalue weighted by molar-refractivity contribution is 6.22. The molecule has 2 aliphatic rings. The molecule has 4 amide bonds. The number of nitrogens with one attached hydrogen (secondary N) is 1. The number of carbonyl (C=O) groups is 4. The lowest BCUT2D eigenvalue weighted by atomic mass is 10.0. The number of amides is 4. The van der Waals surface area contributed by atoms with Crippen LogP contribution in [0.5, 0.6) is 0 Å². The summed E-state index contributed by atoms with van der Waals surface area (Å²) in [5.41, 5.74) is 1.05. The molecule has 1 unspecified atom stereocenters. The highest BCUT2D eigenvalue weighted by Crippen LogP contribution is 2.24. The van der Waals surface area contributed by atoms with Crippen molar-refractivity contribution in [3.8, 4) is 0 Å². The average molecular weight is 406 g/mol. The molecule has 0 saturated carbocycles. The number of pyridine rings is 1. The number of likely N-dealkylation sites (tertiary alicyclic amines) is 1. The lowest BCUT2D eigenvalue weighted by molar-refractivity contribution is -0.125. The lowest BCUT2D eigenvalue weighted by Crippen LogP contribution is -2.53. The van der Waals surface area contributed by atoms with Crippen molar-refractivity contribution < 1.29 is 19.2 Å². The van der Waals surface area contributed by atoms with Crippen molar-refractivity contribution in [1.29, 1.82) is 0 Å². The first-order chi connectivity index (χ1) is 14.5. The molecule has 1 atom stereocenters. The molecule has 0 spiro atoms. The molecule has 2 aromatic rings. The minimum atomic E-state index is -0.911. The summed E-state index contributed by atoms with van der Waals surface area (Å²) in [6.45, 7) is 2.56. The minimum Gasteiger partial charge on any atom is -0.351 e. The monoisotopic (exact) mass is 406 g/mol. The SMILES string of the molecule is CC(C(=O)NC1CCN(C(=O)c2ccccn2)CC1)N1C(=O)c2ccccc2C1=O. The van der Waals surface area contributed by atoms with E-state index in [1.807, 2.05) is 0 Å². The molecule has 1 aromatic carbocycles. The molecule has 3 heterocycles. The van der Waals surface area contributed by atoms with Gasteiger partial charge in [-0.2, -0.15) is 0 Å². The van der Waals surface area contributed by atoms with Gasteiger partial charge in [0.25, 0.3) is 17.7 Å². The van der Waals surface area contributed by atoms with E-state index in [-0.39, 0.29) is 17.9 Å². The van der Waals surface area contributed by atoms with E-state index in [4.69, 9.17) is 0 Å². The first-order valence-electron chi connectivity index (χ1n) is 9.95. The van der Waals surface area contributed by atoms with E-state index in [1.54, 1.807) is 60.5 Å². The Morgan fingerprint density at radius 3 is 2.17 bits per heavy atom. The molecule has 8 heteroatoms. The summed E-state index contributed by atoms with van der Waals surface area (Å²) in [5.74, 6) is -1.40. The Hall–Kier alpha value is -3.55. The Bertz CT molecular complexity index is 964. The third-order valence-electron chi connectivity index (χ3n) is 5.60. The Morgan fingerprint density at radius 2 is 1.60 bits per heavy atom. The number of hydrogen-bond acceptors (Lipinski definition) is 5. The highest BCUT2D eigenvalue weighted by atomic mass is 16.2. The van der Waals surface area contributed by atoms with Crippen LogP contribution in [0.3, 0.4) is 0 Å². The van der Waals surface area contributed by atoms with Crippen LogP contribution in [0.4, 0.5) is 0 Å². The zero-order chi connectivity index (χ0) is 21.3. The first kappa shape index (κ1) is 19.8. The predicted molar refractivity (Wildman–Crippen MR) is 108 cm³/mol. The number of piperidine rings is 1. The van der Waals surface area contributed by atoms with E-state index in [0.717, 1.165) is 4.90 Å². The Labute approximate surface area is 173 Å². The van der Waals surface area contributed by atoms with Crippen LogP contribution in [-0.4, -0.2) is 63.6 Å². The van der Waals surface area contributed by atoms with E-state index < -0.39 is 17.9 Å². The van der Waals surface area contributed by atoms with Crippen molar-refractivity contribution in [1.82, 2.24) is 20.1 Å². The molecule has 2 aliphatic heterocycles. The number of nitrogens with zero attached hydrogens (tertiary/aromatic N) is 3. The summed E-state index contributed by atoms with van der Waals surface area (Å²) >= 11 is 0. The number of fused-ring (bicyclic) bond motifs is 1. The van der Waals surface area contributed by atoms with Gasteiger partial charge in [0.1, 0.15) is 11.7 Å². The van der Waals surface area contributed by atoms with Gasteiger partial charge < -0.3 is 10.2 Å². The number of aromatic nitrogens is 1. The number of rotatable bonds is 4. The normalized spacial score (nSPS) is 17.6. The van der Waals surface area contributed by atoms with Gasteiger partial charge in [0.15, 0.2) is 0 Å². The molecular weight excluding hydrogens is 384 g/mol. The molecule has 0 bridgehead atoms. The highest BCUT2D eigenvalue weighted by Gasteiger charge is 2.41. The predicted octanol–water partition coefficient (Wildman–Crippen LogP) is 1.49. The van der Waals surface area contributed by atoms with Crippen molar-refractivity contribution in [3.63, 3.8) is 0 Å². The Morgan fingerprint density at radius 1 is 1.00 bits per heavy atom. The first-order valence-corrected chi connectivity index (χ1v) is 9.95. The summed E-state index contributed by atoms with van der Waals surface area (Å²) in [4.78, 5) is 57.2. The summed E-state index contributed by atoms with van der Waals surface area (Å²) in [5, 5.41) is 2.92. The second kappa shape index (κ2) is 8.06. The maximum Gasteiger partial charge on any atom is 0.272 e. The van der Waals surface area contributed by atoms with E-state index in [0.29, 0.717) is 42.8 Å². The molecule has 1 N–H and O–H groups in total. The number of hydrogen-bond donors (Lipinski definition) is 1. The maximum atomic E-state index is 12.7. The largest absolute Gasteiger partial charge is 0.351 e. The standard InChI is InChI=1S/C22H22N4O4/c1-14(26-20(28)16-6-2-3-7-17(16)21(26)29)19(27)24-15-9-12-25(13-10-15)22(30)18-8-4-5-11-23-18/h2-8,11,14-15H,9-10,12-13H2,1H3,(H,24,27). The second-order valence-corrected chi connectivity index (χ2v) is 7.49. The molecule has 154 valence electrons. The van der Waals surface area contributed by atoms with Crippen LogP contribution in [0, 0.1) is 0 Å².